The van der Waals surface area contributed by atoms with Gasteiger partial charge in [0.05, 0.1) is 11.1 Å². The Bertz CT molecular complexity index is 571. The van der Waals surface area contributed by atoms with Crippen LogP contribution in [0.25, 0.3) is 0 Å². The van der Waals surface area contributed by atoms with Gasteiger partial charge in [-0.2, -0.15) is 5.26 Å². The van der Waals surface area contributed by atoms with Gasteiger partial charge >= 0.3 is 0 Å². The second-order valence-electron chi connectivity index (χ2n) is 5.29. The van der Waals surface area contributed by atoms with Crippen molar-refractivity contribution in [1.29, 1.82) is 5.26 Å². The van der Waals surface area contributed by atoms with Crippen LogP contribution in [0.3, 0.4) is 0 Å². The number of amides is 1. The van der Waals surface area contributed by atoms with Crippen molar-refractivity contribution in [3.8, 4) is 11.8 Å². The van der Waals surface area contributed by atoms with E-state index in [1.54, 1.807) is 6.92 Å². The Kier molecular flexibility index (Phi) is 5.56. The summed E-state index contributed by atoms with van der Waals surface area (Å²) in [7, 11) is 0. The number of benzene rings is 1. The molecule has 21 heavy (non-hydrogen) atoms. The Morgan fingerprint density at radius 2 is 2.10 bits per heavy atom. The van der Waals surface area contributed by atoms with Crippen LogP contribution in [-0.4, -0.2) is 17.6 Å². The average molecular weight is 313 g/mol. The van der Waals surface area contributed by atoms with E-state index in [9.17, 15) is 14.4 Å². The molecule has 0 saturated heterocycles. The third-order valence-corrected chi connectivity index (χ3v) is 3.63. The minimum absolute atomic E-state index is 0.0620. The van der Waals surface area contributed by atoms with Crippen molar-refractivity contribution in [1.82, 2.24) is 5.32 Å². The number of nitrogens with one attached hydrogen (secondary N) is 1. The summed E-state index contributed by atoms with van der Waals surface area (Å²) in [4.78, 5) is 12.1. The van der Waals surface area contributed by atoms with Crippen LogP contribution in [-0.2, 0) is 4.79 Å². The molecule has 0 unspecified atom stereocenters. The van der Waals surface area contributed by atoms with Gasteiger partial charge in [0.1, 0.15) is 17.1 Å². The second-order valence-corrected chi connectivity index (χ2v) is 5.70. The molecule has 0 aromatic heterocycles. The zero-order valence-corrected chi connectivity index (χ0v) is 13.2. The molecule has 6 heteroatoms. The molecule has 1 aromatic rings. The summed E-state index contributed by atoms with van der Waals surface area (Å²) in [5, 5.41) is 11.9. The quantitative estimate of drug-likeness (QED) is 0.907. The van der Waals surface area contributed by atoms with Gasteiger partial charge < -0.3 is 10.1 Å². The summed E-state index contributed by atoms with van der Waals surface area (Å²) in [6.45, 7) is 6.86. The van der Waals surface area contributed by atoms with Crippen LogP contribution in [0.1, 0.15) is 27.7 Å². The minimum Gasteiger partial charge on any atom is -0.479 e. The van der Waals surface area contributed by atoms with Crippen LogP contribution in [0, 0.1) is 23.1 Å². The number of nitriles is 1. The number of nitrogens with zero attached hydrogens (tertiary/aromatic N) is 1. The molecular weight excluding hydrogens is 295 g/mol. The van der Waals surface area contributed by atoms with Crippen LogP contribution in [0.2, 0.25) is 5.02 Å². The zero-order chi connectivity index (χ0) is 16.2. The van der Waals surface area contributed by atoms with Gasteiger partial charge in [0.2, 0.25) is 0 Å². The smallest absolute Gasteiger partial charge is 0.262 e. The molecule has 0 aliphatic carbocycles. The molecule has 0 bridgehead atoms. The molecule has 1 N–H and O–H groups in total. The van der Waals surface area contributed by atoms with Gasteiger partial charge in [0, 0.05) is 0 Å². The van der Waals surface area contributed by atoms with Crippen LogP contribution in [0.4, 0.5) is 4.39 Å². The SMILES string of the molecule is CC(C)[C@@](C)(C#N)NC(=O)[C@@H](C)Oc1ccc(F)cc1Cl. The van der Waals surface area contributed by atoms with E-state index in [1.807, 2.05) is 13.8 Å². The third kappa shape index (κ3) is 4.33. The van der Waals surface area contributed by atoms with Gasteiger partial charge in [-0.3, -0.25) is 4.79 Å². The Hall–Kier alpha value is -1.80. The topological polar surface area (TPSA) is 62.1 Å². The third-order valence-electron chi connectivity index (χ3n) is 3.34. The first-order valence-corrected chi connectivity index (χ1v) is 6.92. The van der Waals surface area contributed by atoms with E-state index in [0.717, 1.165) is 6.07 Å². The van der Waals surface area contributed by atoms with E-state index in [0.29, 0.717) is 0 Å². The molecule has 0 aliphatic rings. The zero-order valence-electron chi connectivity index (χ0n) is 12.4. The van der Waals surface area contributed by atoms with Gasteiger partial charge in [0.25, 0.3) is 5.91 Å². The van der Waals surface area contributed by atoms with E-state index in [1.165, 1.54) is 19.1 Å². The average Bonchev–Trinajstić information content (AvgIpc) is 2.41. The Morgan fingerprint density at radius 3 is 2.57 bits per heavy atom. The molecule has 1 rings (SSSR count). The lowest BCUT2D eigenvalue weighted by atomic mass is 9.90. The van der Waals surface area contributed by atoms with Gasteiger partial charge in [-0.15, -0.1) is 0 Å². The summed E-state index contributed by atoms with van der Waals surface area (Å²) < 4.78 is 18.4. The number of hydrogen-bond acceptors (Lipinski definition) is 3. The van der Waals surface area contributed by atoms with Crippen LogP contribution < -0.4 is 10.1 Å². The number of rotatable bonds is 5. The number of carbonyl (C=O) groups is 1. The Morgan fingerprint density at radius 1 is 1.48 bits per heavy atom. The molecule has 0 radical (unpaired) electrons. The van der Waals surface area contributed by atoms with Crippen molar-refractivity contribution < 1.29 is 13.9 Å². The van der Waals surface area contributed by atoms with E-state index in [2.05, 4.69) is 11.4 Å². The van der Waals surface area contributed by atoms with E-state index in [-0.39, 0.29) is 16.7 Å². The van der Waals surface area contributed by atoms with Crippen molar-refractivity contribution in [2.45, 2.75) is 39.3 Å². The highest BCUT2D eigenvalue weighted by molar-refractivity contribution is 6.32. The molecule has 0 fully saturated rings. The van der Waals surface area contributed by atoms with Crippen LogP contribution in [0.5, 0.6) is 5.75 Å². The normalized spacial score (nSPS) is 15.0. The highest BCUT2D eigenvalue weighted by Gasteiger charge is 2.32. The van der Waals surface area contributed by atoms with Crippen molar-refractivity contribution in [2.75, 3.05) is 0 Å². The maximum absolute atomic E-state index is 12.9. The van der Waals surface area contributed by atoms with E-state index >= 15 is 0 Å². The van der Waals surface area contributed by atoms with Gasteiger partial charge in [0.15, 0.2) is 6.10 Å². The van der Waals surface area contributed by atoms with Gasteiger partial charge in [-0.25, -0.2) is 4.39 Å². The molecule has 114 valence electrons. The highest BCUT2D eigenvalue weighted by atomic mass is 35.5. The maximum Gasteiger partial charge on any atom is 0.262 e. The molecular formula is C15H18ClFN2O2. The first-order chi connectivity index (χ1) is 9.69. The minimum atomic E-state index is -0.985. The Labute approximate surface area is 128 Å². The monoisotopic (exact) mass is 312 g/mol. The highest BCUT2D eigenvalue weighted by Crippen LogP contribution is 2.26. The summed E-state index contributed by atoms with van der Waals surface area (Å²) in [5.74, 6) is -0.772. The number of hydrogen-bond donors (Lipinski definition) is 1. The molecule has 2 atom stereocenters. The summed E-state index contributed by atoms with van der Waals surface area (Å²) in [6, 6.07) is 5.74. The largest absolute Gasteiger partial charge is 0.479 e. The fourth-order valence-electron chi connectivity index (χ4n) is 1.47. The molecule has 0 spiro atoms. The number of carbonyl (C=O) groups excluding carboxylic acids is 1. The number of ether oxygens (including phenoxy) is 1. The lowest BCUT2D eigenvalue weighted by Crippen LogP contribution is -2.52. The summed E-state index contributed by atoms with van der Waals surface area (Å²) >= 11 is 5.84. The lowest BCUT2D eigenvalue weighted by molar-refractivity contribution is -0.128. The molecule has 0 heterocycles. The summed E-state index contributed by atoms with van der Waals surface area (Å²) in [6.07, 6.45) is -0.862. The van der Waals surface area contributed by atoms with Gasteiger partial charge in [-0.05, 0) is 38.0 Å². The number of halogens is 2. The van der Waals surface area contributed by atoms with Crippen molar-refractivity contribution in [3.05, 3.63) is 29.0 Å². The predicted octanol–water partition coefficient (Wildman–Crippen LogP) is 3.30. The summed E-state index contributed by atoms with van der Waals surface area (Å²) in [5.41, 5.74) is -0.985. The molecule has 0 aliphatic heterocycles. The fourth-order valence-corrected chi connectivity index (χ4v) is 1.69. The van der Waals surface area contributed by atoms with Crippen molar-refractivity contribution in [2.24, 2.45) is 5.92 Å². The maximum atomic E-state index is 12.9. The van der Waals surface area contributed by atoms with Crippen LogP contribution in [0.15, 0.2) is 18.2 Å². The lowest BCUT2D eigenvalue weighted by Gasteiger charge is -2.28. The first kappa shape index (κ1) is 17.3. The molecule has 0 saturated carbocycles. The predicted molar refractivity (Wildman–Crippen MR) is 78.5 cm³/mol. The standard InChI is InChI=1S/C15H18ClFN2O2/c1-9(2)15(4,8-18)19-14(20)10(3)21-13-6-5-11(17)7-12(13)16/h5-7,9-10H,1-4H3,(H,19,20)/t10-,15-/m1/s1. The van der Waals surface area contributed by atoms with Crippen LogP contribution >= 0.6 is 11.6 Å². The fraction of sp³-hybridized carbons (Fsp3) is 0.467. The van der Waals surface area contributed by atoms with E-state index < -0.39 is 23.4 Å². The molecule has 1 amide bonds. The van der Waals surface area contributed by atoms with Crippen molar-refractivity contribution >= 4 is 17.5 Å². The van der Waals surface area contributed by atoms with E-state index in [4.69, 9.17) is 16.3 Å². The first-order valence-electron chi connectivity index (χ1n) is 6.54. The van der Waals surface area contributed by atoms with Gasteiger partial charge in [-0.1, -0.05) is 25.4 Å². The molecule has 1 aromatic carbocycles. The van der Waals surface area contributed by atoms with Crippen molar-refractivity contribution in [3.63, 3.8) is 0 Å². The Balaban J connectivity index is 2.78. The second kappa shape index (κ2) is 6.77. The molecule has 4 nitrogen and oxygen atoms in total.